The molecule has 0 fully saturated rings. The van der Waals surface area contributed by atoms with Crippen LogP contribution >= 0.6 is 0 Å². The predicted molar refractivity (Wildman–Crippen MR) is 113 cm³/mol. The van der Waals surface area contributed by atoms with E-state index in [1.165, 1.54) is 19.2 Å². The molecule has 0 saturated carbocycles. The Morgan fingerprint density at radius 2 is 1.65 bits per heavy atom. The fourth-order valence-corrected chi connectivity index (χ4v) is 3.15. The van der Waals surface area contributed by atoms with Gasteiger partial charge in [-0.05, 0) is 36.4 Å². The van der Waals surface area contributed by atoms with Crippen LogP contribution in [-0.2, 0) is 4.74 Å². The summed E-state index contributed by atoms with van der Waals surface area (Å²) in [6.45, 7) is 0. The SMILES string of the molecule is COC(=O)c1ccc(F)c(NC(=O)c2nn(-c3ccccc3)c(=O)c3ccccc23)c1. The molecule has 31 heavy (non-hydrogen) atoms. The van der Waals surface area contributed by atoms with Crippen molar-refractivity contribution in [1.29, 1.82) is 0 Å². The number of aromatic nitrogens is 2. The number of ether oxygens (including phenoxy) is 1. The second kappa shape index (κ2) is 8.19. The minimum absolute atomic E-state index is 0.0677. The van der Waals surface area contributed by atoms with Gasteiger partial charge in [-0.25, -0.2) is 9.18 Å². The number of methoxy groups -OCH3 is 1. The van der Waals surface area contributed by atoms with Crippen LogP contribution in [-0.4, -0.2) is 28.8 Å². The highest BCUT2D eigenvalue weighted by Crippen LogP contribution is 2.20. The number of anilines is 1. The number of fused-ring (bicyclic) bond motifs is 1. The summed E-state index contributed by atoms with van der Waals surface area (Å²) in [6.07, 6.45) is 0. The number of carbonyl (C=O) groups is 2. The molecule has 1 aromatic heterocycles. The van der Waals surface area contributed by atoms with Gasteiger partial charge in [0.1, 0.15) is 5.82 Å². The molecule has 7 nitrogen and oxygen atoms in total. The first-order valence-electron chi connectivity index (χ1n) is 9.26. The quantitative estimate of drug-likeness (QED) is 0.513. The lowest BCUT2D eigenvalue weighted by Crippen LogP contribution is -2.26. The van der Waals surface area contributed by atoms with Crippen molar-refractivity contribution in [3.8, 4) is 5.69 Å². The number of esters is 1. The van der Waals surface area contributed by atoms with Crippen molar-refractivity contribution >= 4 is 28.3 Å². The number of para-hydroxylation sites is 1. The lowest BCUT2D eigenvalue weighted by molar-refractivity contribution is 0.0600. The average Bonchev–Trinajstić information content (AvgIpc) is 2.81. The Labute approximate surface area is 175 Å². The van der Waals surface area contributed by atoms with E-state index in [4.69, 9.17) is 0 Å². The smallest absolute Gasteiger partial charge is 0.337 e. The summed E-state index contributed by atoms with van der Waals surface area (Å²) >= 11 is 0. The third-order valence-corrected chi connectivity index (χ3v) is 4.66. The second-order valence-corrected chi connectivity index (χ2v) is 6.59. The Kier molecular flexibility index (Phi) is 5.28. The molecule has 0 radical (unpaired) electrons. The van der Waals surface area contributed by atoms with E-state index in [9.17, 15) is 18.8 Å². The topological polar surface area (TPSA) is 90.3 Å². The highest BCUT2D eigenvalue weighted by atomic mass is 19.1. The number of nitrogens with one attached hydrogen (secondary N) is 1. The number of hydrogen-bond donors (Lipinski definition) is 1. The van der Waals surface area contributed by atoms with Gasteiger partial charge in [-0.2, -0.15) is 9.78 Å². The van der Waals surface area contributed by atoms with Crippen molar-refractivity contribution in [3.63, 3.8) is 0 Å². The minimum Gasteiger partial charge on any atom is -0.465 e. The first kappa shape index (κ1) is 20.0. The molecule has 8 heteroatoms. The molecular formula is C23H16FN3O4. The highest BCUT2D eigenvalue weighted by Gasteiger charge is 2.19. The van der Waals surface area contributed by atoms with E-state index in [0.29, 0.717) is 11.1 Å². The molecule has 4 aromatic rings. The minimum atomic E-state index is -0.735. The Hall–Kier alpha value is -4.33. The summed E-state index contributed by atoms with van der Waals surface area (Å²) in [6, 6.07) is 18.7. The molecule has 0 saturated heterocycles. The van der Waals surface area contributed by atoms with E-state index >= 15 is 0 Å². The van der Waals surface area contributed by atoms with Gasteiger partial charge in [-0.1, -0.05) is 36.4 Å². The molecule has 0 spiro atoms. The van der Waals surface area contributed by atoms with E-state index in [-0.39, 0.29) is 22.3 Å². The zero-order chi connectivity index (χ0) is 22.0. The third kappa shape index (κ3) is 3.78. The van der Waals surface area contributed by atoms with Crippen molar-refractivity contribution in [2.24, 2.45) is 0 Å². The first-order valence-corrected chi connectivity index (χ1v) is 9.26. The van der Waals surface area contributed by atoms with Gasteiger partial charge in [0.2, 0.25) is 0 Å². The number of halogens is 1. The normalized spacial score (nSPS) is 10.6. The number of amides is 1. The third-order valence-electron chi connectivity index (χ3n) is 4.66. The Balaban J connectivity index is 1.83. The molecule has 0 bridgehead atoms. The molecule has 1 amide bonds. The number of rotatable bonds is 4. The maximum Gasteiger partial charge on any atom is 0.337 e. The predicted octanol–water partition coefficient (Wildman–Crippen LogP) is 3.56. The van der Waals surface area contributed by atoms with Gasteiger partial charge in [-0.3, -0.25) is 9.59 Å². The molecule has 4 rings (SSSR count). The number of carbonyl (C=O) groups excluding carboxylic acids is 2. The van der Waals surface area contributed by atoms with Crippen molar-refractivity contribution in [2.75, 3.05) is 12.4 Å². The fraction of sp³-hybridized carbons (Fsp3) is 0.0435. The summed E-state index contributed by atoms with van der Waals surface area (Å²) in [5.74, 6) is -2.14. The van der Waals surface area contributed by atoms with E-state index in [2.05, 4.69) is 15.2 Å². The summed E-state index contributed by atoms with van der Waals surface area (Å²) in [7, 11) is 1.20. The molecule has 3 aromatic carbocycles. The molecular weight excluding hydrogens is 401 g/mol. The van der Waals surface area contributed by atoms with E-state index in [1.54, 1.807) is 54.6 Å². The van der Waals surface area contributed by atoms with Crippen molar-refractivity contribution in [3.05, 3.63) is 100 Å². The van der Waals surface area contributed by atoms with Crippen LogP contribution in [0.15, 0.2) is 77.6 Å². The van der Waals surface area contributed by atoms with Crippen LogP contribution in [0.3, 0.4) is 0 Å². The standard InChI is InChI=1S/C23H16FN3O4/c1-31-23(30)14-11-12-18(24)19(13-14)25-21(28)20-16-9-5-6-10-17(16)22(29)27(26-20)15-7-3-2-4-8-15/h2-13H,1H3,(H,25,28). The maximum atomic E-state index is 14.3. The van der Waals surface area contributed by atoms with Gasteiger partial charge in [0.25, 0.3) is 11.5 Å². The second-order valence-electron chi connectivity index (χ2n) is 6.59. The molecule has 0 atom stereocenters. The first-order chi connectivity index (χ1) is 15.0. The Bertz CT molecular complexity index is 1370. The molecule has 154 valence electrons. The Morgan fingerprint density at radius 3 is 2.35 bits per heavy atom. The molecule has 0 aliphatic rings. The monoisotopic (exact) mass is 417 g/mol. The van der Waals surface area contributed by atoms with Crippen LogP contribution in [0.5, 0.6) is 0 Å². The van der Waals surface area contributed by atoms with Gasteiger partial charge in [-0.15, -0.1) is 0 Å². The zero-order valence-electron chi connectivity index (χ0n) is 16.3. The lowest BCUT2D eigenvalue weighted by atomic mass is 10.1. The fourth-order valence-electron chi connectivity index (χ4n) is 3.15. The molecule has 0 unspecified atom stereocenters. The molecule has 0 aliphatic carbocycles. The van der Waals surface area contributed by atoms with E-state index < -0.39 is 23.3 Å². The number of nitrogens with zero attached hydrogens (tertiary/aromatic N) is 2. The van der Waals surface area contributed by atoms with Crippen molar-refractivity contribution < 1.29 is 18.7 Å². The zero-order valence-corrected chi connectivity index (χ0v) is 16.3. The van der Waals surface area contributed by atoms with Crippen LogP contribution in [0, 0.1) is 5.82 Å². The van der Waals surface area contributed by atoms with E-state index in [0.717, 1.165) is 10.7 Å². The van der Waals surface area contributed by atoms with Gasteiger partial charge >= 0.3 is 5.97 Å². The summed E-state index contributed by atoms with van der Waals surface area (Å²) < 4.78 is 20.0. The molecule has 1 heterocycles. The maximum absolute atomic E-state index is 14.3. The average molecular weight is 417 g/mol. The van der Waals surface area contributed by atoms with Gasteiger partial charge in [0.05, 0.1) is 29.4 Å². The van der Waals surface area contributed by atoms with Crippen LogP contribution in [0.25, 0.3) is 16.5 Å². The highest BCUT2D eigenvalue weighted by molar-refractivity contribution is 6.11. The van der Waals surface area contributed by atoms with Crippen LogP contribution < -0.4 is 10.9 Å². The largest absolute Gasteiger partial charge is 0.465 e. The van der Waals surface area contributed by atoms with Gasteiger partial charge < -0.3 is 10.1 Å². The Morgan fingerprint density at radius 1 is 0.968 bits per heavy atom. The summed E-state index contributed by atoms with van der Waals surface area (Å²) in [5.41, 5.74) is -0.118. The summed E-state index contributed by atoms with van der Waals surface area (Å²) in [4.78, 5) is 37.7. The lowest BCUT2D eigenvalue weighted by Gasteiger charge is -2.12. The molecule has 0 aliphatic heterocycles. The number of hydrogen-bond acceptors (Lipinski definition) is 5. The molecule has 1 N–H and O–H groups in total. The van der Waals surface area contributed by atoms with Crippen LogP contribution in [0.1, 0.15) is 20.8 Å². The van der Waals surface area contributed by atoms with Gasteiger partial charge in [0, 0.05) is 5.39 Å². The number of benzene rings is 3. The van der Waals surface area contributed by atoms with Gasteiger partial charge in [0.15, 0.2) is 5.69 Å². The van der Waals surface area contributed by atoms with E-state index in [1.807, 2.05) is 0 Å². The van der Waals surface area contributed by atoms with Crippen molar-refractivity contribution in [1.82, 2.24) is 9.78 Å². The van der Waals surface area contributed by atoms with Crippen molar-refractivity contribution in [2.45, 2.75) is 0 Å². The van der Waals surface area contributed by atoms with Crippen LogP contribution in [0.2, 0.25) is 0 Å². The summed E-state index contributed by atoms with van der Waals surface area (Å²) in [5, 5.41) is 7.29. The van der Waals surface area contributed by atoms with Crippen LogP contribution in [0.4, 0.5) is 10.1 Å².